The Morgan fingerprint density at radius 3 is 2.51 bits per heavy atom. The van der Waals surface area contributed by atoms with Crippen LogP contribution in [-0.4, -0.2) is 40.2 Å². The first-order chi connectivity index (χ1) is 16.6. The fourth-order valence-corrected chi connectivity index (χ4v) is 7.47. The number of rotatable bonds is 5. The van der Waals surface area contributed by atoms with Gasteiger partial charge in [0.05, 0.1) is 11.5 Å². The van der Waals surface area contributed by atoms with Gasteiger partial charge < -0.3 is 9.52 Å². The van der Waals surface area contributed by atoms with E-state index in [1.54, 1.807) is 37.3 Å². The molecule has 1 aliphatic carbocycles. The molecule has 1 unspecified atom stereocenters. The summed E-state index contributed by atoms with van der Waals surface area (Å²) in [4.78, 5) is 11.5. The molecule has 186 valence electrons. The molecule has 2 aliphatic rings. The third-order valence-corrected chi connectivity index (χ3v) is 9.56. The third-order valence-electron chi connectivity index (χ3n) is 7.19. The van der Waals surface area contributed by atoms with Gasteiger partial charge in [-0.15, -0.1) is 5.10 Å². The van der Waals surface area contributed by atoms with E-state index in [0.29, 0.717) is 18.4 Å². The van der Waals surface area contributed by atoms with Crippen LogP contribution in [0.25, 0.3) is 0 Å². The number of aromatic amines is 1. The quantitative estimate of drug-likeness (QED) is 0.550. The van der Waals surface area contributed by atoms with Crippen LogP contribution in [0.4, 0.5) is 8.78 Å². The number of aromatic nitrogens is 2. The first-order valence-electron chi connectivity index (χ1n) is 11.4. The van der Waals surface area contributed by atoms with Gasteiger partial charge in [-0.1, -0.05) is 30.3 Å². The number of hydrogen-bond acceptors (Lipinski definition) is 6. The molecule has 0 amide bonds. The summed E-state index contributed by atoms with van der Waals surface area (Å²) >= 11 is 0. The van der Waals surface area contributed by atoms with Crippen LogP contribution in [0.5, 0.6) is 0 Å². The molecule has 1 saturated carbocycles. The number of halogens is 2. The molecule has 2 atom stereocenters. The van der Waals surface area contributed by atoms with Crippen molar-refractivity contribution in [3.8, 4) is 0 Å². The van der Waals surface area contributed by atoms with E-state index < -0.39 is 44.2 Å². The van der Waals surface area contributed by atoms with Crippen molar-refractivity contribution in [2.24, 2.45) is 0 Å². The van der Waals surface area contributed by atoms with Crippen molar-refractivity contribution in [1.29, 1.82) is 0 Å². The maximum atomic E-state index is 15.4. The van der Waals surface area contributed by atoms with Crippen LogP contribution >= 0.6 is 0 Å². The molecule has 0 radical (unpaired) electrons. The monoisotopic (exact) mass is 505 g/mol. The first-order valence-corrected chi connectivity index (χ1v) is 12.9. The van der Waals surface area contributed by atoms with Gasteiger partial charge in [0.2, 0.25) is 15.9 Å². The van der Waals surface area contributed by atoms with Gasteiger partial charge in [0.1, 0.15) is 16.9 Å². The molecule has 1 aromatic heterocycles. The number of sulfonamides is 1. The molecule has 1 saturated heterocycles. The second-order valence-corrected chi connectivity index (χ2v) is 11.5. The zero-order valence-electron chi connectivity index (χ0n) is 18.9. The molecule has 2 fully saturated rings. The Morgan fingerprint density at radius 2 is 1.89 bits per heavy atom. The molecule has 1 aliphatic heterocycles. The van der Waals surface area contributed by atoms with Crippen molar-refractivity contribution in [2.45, 2.75) is 62.0 Å². The predicted octanol–water partition coefficient (Wildman–Crippen LogP) is 3.14. The number of nitrogens with one attached hydrogen (secondary N) is 1. The lowest BCUT2D eigenvalue weighted by molar-refractivity contribution is 0.0227. The van der Waals surface area contributed by atoms with Gasteiger partial charge in [-0.3, -0.25) is 0 Å². The van der Waals surface area contributed by atoms with Crippen LogP contribution in [0.15, 0.2) is 51.7 Å². The van der Waals surface area contributed by atoms with E-state index in [9.17, 15) is 18.3 Å². The lowest BCUT2D eigenvalue weighted by Gasteiger charge is -2.43. The second kappa shape index (κ2) is 8.65. The molecule has 2 N–H and O–H groups in total. The zero-order chi connectivity index (χ0) is 25.0. The Bertz CT molecular complexity index is 1400. The second-order valence-electron chi connectivity index (χ2n) is 9.40. The topological polar surface area (TPSA) is 116 Å². The smallest absolute Gasteiger partial charge is 0.393 e. The van der Waals surface area contributed by atoms with E-state index in [-0.39, 0.29) is 42.4 Å². The van der Waals surface area contributed by atoms with E-state index >= 15 is 8.78 Å². The highest BCUT2D eigenvalue weighted by Crippen LogP contribution is 2.49. The molecule has 5 rings (SSSR count). The lowest BCUT2D eigenvalue weighted by atomic mass is 9.62. The minimum Gasteiger partial charge on any atom is -0.393 e. The molecule has 11 heteroatoms. The summed E-state index contributed by atoms with van der Waals surface area (Å²) in [5, 5.41) is 15.0. The van der Waals surface area contributed by atoms with Gasteiger partial charge in [-0.2, -0.15) is 4.31 Å². The SMILES string of the molecule is C[C@H]1CCC(c2ccccc2)S(=O)(=O)N1Cc1cc(F)c(C2(c3n[nH]c(=O)o3)CC(O)C2)cc1F. The van der Waals surface area contributed by atoms with E-state index in [0.717, 1.165) is 12.1 Å². The van der Waals surface area contributed by atoms with Crippen molar-refractivity contribution in [2.75, 3.05) is 0 Å². The molecule has 0 bridgehead atoms. The Hall–Kier alpha value is -2.89. The standard InChI is InChI=1S/C24H25F2N3O5S/c1-14-7-8-21(15-5-3-2-4-6-15)35(32,33)29(14)13-16-9-20(26)18(10-19(16)25)24(11-17(30)12-24)22-27-28-23(31)34-22/h2-6,9-10,14,17,21,30H,7-8,11-13H2,1H3,(H,28,31)/t14-,17?,21?,24?/m0/s1. The number of benzene rings is 2. The first kappa shape index (κ1) is 23.8. The average Bonchev–Trinajstić information content (AvgIpc) is 3.23. The van der Waals surface area contributed by atoms with Crippen molar-refractivity contribution >= 4 is 10.0 Å². The number of hydrogen-bond donors (Lipinski definition) is 2. The average molecular weight is 506 g/mol. The van der Waals surface area contributed by atoms with Gasteiger partial charge in [0.25, 0.3) is 0 Å². The van der Waals surface area contributed by atoms with Crippen molar-refractivity contribution < 1.29 is 26.7 Å². The third kappa shape index (κ3) is 4.01. The highest BCUT2D eigenvalue weighted by molar-refractivity contribution is 7.89. The summed E-state index contributed by atoms with van der Waals surface area (Å²) in [6.45, 7) is 1.44. The summed E-state index contributed by atoms with van der Waals surface area (Å²) in [6.07, 6.45) is 0.257. The van der Waals surface area contributed by atoms with Gasteiger partial charge in [-0.25, -0.2) is 27.1 Å². The minimum atomic E-state index is -3.83. The van der Waals surface area contributed by atoms with Crippen molar-refractivity contribution in [1.82, 2.24) is 14.5 Å². The highest BCUT2D eigenvalue weighted by Gasteiger charge is 2.52. The molecule has 0 spiro atoms. The fourth-order valence-electron chi connectivity index (χ4n) is 5.28. The normalized spacial score (nSPS) is 28.5. The number of nitrogens with zero attached hydrogens (tertiary/aromatic N) is 2. The molecule has 2 aromatic carbocycles. The van der Waals surface area contributed by atoms with Gasteiger partial charge in [-0.05, 0) is 50.3 Å². The van der Waals surface area contributed by atoms with Crippen molar-refractivity contribution in [3.05, 3.63) is 87.2 Å². The van der Waals surface area contributed by atoms with Crippen LogP contribution in [0.3, 0.4) is 0 Å². The van der Waals surface area contributed by atoms with Gasteiger partial charge >= 0.3 is 5.76 Å². The highest BCUT2D eigenvalue weighted by atomic mass is 32.2. The number of aliphatic hydroxyl groups is 1. The molecule has 8 nitrogen and oxygen atoms in total. The fraction of sp³-hybridized carbons (Fsp3) is 0.417. The maximum absolute atomic E-state index is 15.4. The van der Waals surface area contributed by atoms with Crippen LogP contribution < -0.4 is 5.76 Å². The lowest BCUT2D eigenvalue weighted by Crippen LogP contribution is -2.47. The summed E-state index contributed by atoms with van der Waals surface area (Å²) in [5.41, 5.74) is -0.826. The molecule has 2 heterocycles. The summed E-state index contributed by atoms with van der Waals surface area (Å²) < 4.78 is 63.9. The van der Waals surface area contributed by atoms with E-state index in [1.807, 2.05) is 0 Å². The largest absolute Gasteiger partial charge is 0.434 e. The van der Waals surface area contributed by atoms with Crippen LogP contribution in [0.2, 0.25) is 0 Å². The Balaban J connectivity index is 1.48. The van der Waals surface area contributed by atoms with E-state index in [4.69, 9.17) is 4.42 Å². The Labute approximate surface area is 200 Å². The molecular formula is C24H25F2N3O5S. The maximum Gasteiger partial charge on any atom is 0.434 e. The van der Waals surface area contributed by atoms with E-state index in [1.165, 1.54) is 4.31 Å². The summed E-state index contributed by atoms with van der Waals surface area (Å²) in [5.74, 6) is -2.54. The summed E-state index contributed by atoms with van der Waals surface area (Å²) in [7, 11) is -3.83. The van der Waals surface area contributed by atoms with E-state index in [2.05, 4.69) is 10.2 Å². The Morgan fingerprint density at radius 1 is 1.17 bits per heavy atom. The zero-order valence-corrected chi connectivity index (χ0v) is 19.8. The van der Waals surface area contributed by atoms with Crippen molar-refractivity contribution in [3.63, 3.8) is 0 Å². The minimum absolute atomic E-state index is 0.00674. The molecule has 3 aromatic rings. The van der Waals surface area contributed by atoms with Crippen LogP contribution in [0.1, 0.15) is 60.4 Å². The predicted molar refractivity (Wildman–Crippen MR) is 122 cm³/mol. The molecular weight excluding hydrogens is 480 g/mol. The summed E-state index contributed by atoms with van der Waals surface area (Å²) in [6, 6.07) is 10.5. The van der Waals surface area contributed by atoms with Gasteiger partial charge in [0.15, 0.2) is 0 Å². The number of H-pyrrole nitrogens is 1. The van der Waals surface area contributed by atoms with Crippen LogP contribution in [0, 0.1) is 11.6 Å². The van der Waals surface area contributed by atoms with Gasteiger partial charge in [0, 0.05) is 23.7 Å². The van der Waals surface area contributed by atoms with Crippen LogP contribution in [-0.2, 0) is 22.0 Å². The number of aliphatic hydroxyl groups excluding tert-OH is 1. The Kier molecular flexibility index (Phi) is 5.89. The molecule has 35 heavy (non-hydrogen) atoms.